The summed E-state index contributed by atoms with van der Waals surface area (Å²) in [5.74, 6) is -3.05. The van der Waals surface area contributed by atoms with Crippen LogP contribution in [-0.4, -0.2) is 12.1 Å². The molecular weight excluding hydrogens is 216 g/mol. The van der Waals surface area contributed by atoms with E-state index in [1.807, 2.05) is 0 Å². The Labute approximate surface area is 81.9 Å². The van der Waals surface area contributed by atoms with Gasteiger partial charge in [0.2, 0.25) is 0 Å². The zero-order valence-electron chi connectivity index (χ0n) is 7.23. The molecule has 3 N–H and O–H groups in total. The summed E-state index contributed by atoms with van der Waals surface area (Å²) >= 11 is 0. The van der Waals surface area contributed by atoms with Crippen LogP contribution in [-0.2, 0) is 4.79 Å². The van der Waals surface area contributed by atoms with Crippen molar-refractivity contribution in [1.82, 2.24) is 0 Å². The van der Waals surface area contributed by atoms with Crippen LogP contribution in [0.15, 0.2) is 18.2 Å². The number of rotatable bonds is 1. The molecule has 0 aliphatic heterocycles. The van der Waals surface area contributed by atoms with Crippen LogP contribution in [0.3, 0.4) is 0 Å². The maximum Gasteiger partial charge on any atom is 0.471 e. The molecule has 0 saturated carbocycles. The monoisotopic (exact) mass is 222 g/mol. The van der Waals surface area contributed by atoms with Gasteiger partial charge in [-0.1, -0.05) is 0 Å². The van der Waals surface area contributed by atoms with Crippen molar-refractivity contribution in [2.24, 2.45) is 0 Å². The quantitative estimate of drug-likeness (QED) is 0.563. The lowest BCUT2D eigenvalue weighted by Gasteiger charge is -2.08. The van der Waals surface area contributed by atoms with E-state index in [1.165, 1.54) is 5.32 Å². The third-order valence-electron chi connectivity index (χ3n) is 1.52. The highest BCUT2D eigenvalue weighted by atomic mass is 19.4. The molecule has 1 aromatic carbocycles. The highest BCUT2D eigenvalue weighted by Gasteiger charge is 2.38. The van der Waals surface area contributed by atoms with Crippen molar-refractivity contribution < 1.29 is 22.4 Å². The van der Waals surface area contributed by atoms with Gasteiger partial charge in [-0.15, -0.1) is 0 Å². The molecule has 15 heavy (non-hydrogen) atoms. The van der Waals surface area contributed by atoms with E-state index in [2.05, 4.69) is 0 Å². The second kappa shape index (κ2) is 3.76. The van der Waals surface area contributed by atoms with Crippen LogP contribution in [0.2, 0.25) is 0 Å². The lowest BCUT2D eigenvalue weighted by atomic mass is 10.2. The van der Waals surface area contributed by atoms with Gasteiger partial charge in [0.25, 0.3) is 0 Å². The number of anilines is 2. The molecule has 1 aromatic rings. The first-order valence-electron chi connectivity index (χ1n) is 3.74. The van der Waals surface area contributed by atoms with Crippen molar-refractivity contribution in [3.8, 4) is 0 Å². The number of carbonyl (C=O) groups is 1. The zero-order valence-corrected chi connectivity index (χ0v) is 7.23. The van der Waals surface area contributed by atoms with Crippen molar-refractivity contribution in [1.29, 1.82) is 0 Å². The summed E-state index contributed by atoms with van der Waals surface area (Å²) in [5, 5.41) is 1.49. The standard InChI is InChI=1S/C8H6F4N2O/c9-5-3-4(1-2-6(5)13)14-7(15)8(10,11)12/h1-3H,13H2,(H,14,15). The fraction of sp³-hybridized carbons (Fsp3) is 0.125. The molecule has 0 spiro atoms. The van der Waals surface area contributed by atoms with Gasteiger partial charge in [-0.3, -0.25) is 4.79 Å². The van der Waals surface area contributed by atoms with Gasteiger partial charge in [0.1, 0.15) is 5.82 Å². The molecule has 0 saturated heterocycles. The Bertz CT molecular complexity index is 389. The molecule has 0 fully saturated rings. The molecule has 0 aliphatic rings. The van der Waals surface area contributed by atoms with Gasteiger partial charge < -0.3 is 11.1 Å². The second-order valence-electron chi connectivity index (χ2n) is 2.69. The van der Waals surface area contributed by atoms with Crippen molar-refractivity contribution >= 4 is 17.3 Å². The second-order valence-corrected chi connectivity index (χ2v) is 2.69. The number of alkyl halides is 3. The lowest BCUT2D eigenvalue weighted by Crippen LogP contribution is -2.29. The van der Waals surface area contributed by atoms with Crippen molar-refractivity contribution in [2.75, 3.05) is 11.1 Å². The highest BCUT2D eigenvalue weighted by Crippen LogP contribution is 2.20. The van der Waals surface area contributed by atoms with Gasteiger partial charge in [-0.2, -0.15) is 13.2 Å². The van der Waals surface area contributed by atoms with Gasteiger partial charge in [-0.25, -0.2) is 4.39 Å². The smallest absolute Gasteiger partial charge is 0.396 e. The number of nitrogens with one attached hydrogen (secondary N) is 1. The van der Waals surface area contributed by atoms with E-state index in [0.29, 0.717) is 6.07 Å². The first kappa shape index (κ1) is 11.3. The average Bonchev–Trinajstić information content (AvgIpc) is 2.10. The number of amides is 1. The van der Waals surface area contributed by atoms with Crippen LogP contribution in [0.25, 0.3) is 0 Å². The summed E-state index contributed by atoms with van der Waals surface area (Å²) in [6.07, 6.45) is -5.00. The summed E-state index contributed by atoms with van der Waals surface area (Å²) in [7, 11) is 0. The molecule has 0 aromatic heterocycles. The van der Waals surface area contributed by atoms with E-state index in [4.69, 9.17) is 5.73 Å². The topological polar surface area (TPSA) is 55.1 Å². The summed E-state index contributed by atoms with van der Waals surface area (Å²) in [4.78, 5) is 10.4. The fourth-order valence-corrected chi connectivity index (χ4v) is 0.807. The summed E-state index contributed by atoms with van der Waals surface area (Å²) in [5.41, 5.74) is 4.59. The van der Waals surface area contributed by atoms with Crippen molar-refractivity contribution in [2.45, 2.75) is 6.18 Å². The Hall–Kier alpha value is -1.79. The molecule has 0 heterocycles. The van der Waals surface area contributed by atoms with E-state index >= 15 is 0 Å². The van der Waals surface area contributed by atoms with Gasteiger partial charge in [0.15, 0.2) is 0 Å². The molecule has 0 atom stereocenters. The first-order chi connectivity index (χ1) is 6.80. The van der Waals surface area contributed by atoms with E-state index in [9.17, 15) is 22.4 Å². The van der Waals surface area contributed by atoms with Gasteiger partial charge in [0, 0.05) is 5.69 Å². The molecule has 0 radical (unpaired) electrons. The summed E-state index contributed by atoms with van der Waals surface area (Å²) in [6.45, 7) is 0. The van der Waals surface area contributed by atoms with E-state index in [-0.39, 0.29) is 11.4 Å². The minimum Gasteiger partial charge on any atom is -0.396 e. The SMILES string of the molecule is Nc1ccc(NC(=O)C(F)(F)F)cc1F. The molecular formula is C8H6F4N2O. The van der Waals surface area contributed by atoms with Gasteiger partial charge in [-0.05, 0) is 18.2 Å². The van der Waals surface area contributed by atoms with Gasteiger partial charge in [0.05, 0.1) is 5.69 Å². The third kappa shape index (κ3) is 2.83. The maximum absolute atomic E-state index is 12.8. The normalized spacial score (nSPS) is 11.2. The van der Waals surface area contributed by atoms with Crippen LogP contribution in [0.1, 0.15) is 0 Å². The molecule has 7 heteroatoms. The number of benzene rings is 1. The predicted octanol–water partition coefficient (Wildman–Crippen LogP) is 1.91. The fourth-order valence-electron chi connectivity index (χ4n) is 0.807. The van der Waals surface area contributed by atoms with Crippen LogP contribution < -0.4 is 11.1 Å². The Kier molecular flexibility index (Phi) is 2.83. The maximum atomic E-state index is 12.8. The molecule has 0 unspecified atom stereocenters. The molecule has 1 amide bonds. The Balaban J connectivity index is 2.83. The highest BCUT2D eigenvalue weighted by molar-refractivity contribution is 5.95. The van der Waals surface area contributed by atoms with Crippen LogP contribution in [0, 0.1) is 5.82 Å². The number of hydrogen-bond donors (Lipinski definition) is 2. The Morgan fingerprint density at radius 1 is 1.33 bits per heavy atom. The Morgan fingerprint density at radius 2 is 1.93 bits per heavy atom. The third-order valence-corrected chi connectivity index (χ3v) is 1.52. The predicted molar refractivity (Wildman–Crippen MR) is 45.5 cm³/mol. The number of hydrogen-bond acceptors (Lipinski definition) is 2. The van der Waals surface area contributed by atoms with E-state index < -0.39 is 17.9 Å². The summed E-state index contributed by atoms with van der Waals surface area (Å²) in [6, 6.07) is 2.84. The molecule has 1 rings (SSSR count). The first-order valence-corrected chi connectivity index (χ1v) is 3.74. The average molecular weight is 222 g/mol. The molecule has 82 valence electrons. The van der Waals surface area contributed by atoms with Crippen molar-refractivity contribution in [3.05, 3.63) is 24.0 Å². The largest absolute Gasteiger partial charge is 0.471 e. The van der Waals surface area contributed by atoms with Crippen LogP contribution in [0.5, 0.6) is 0 Å². The number of nitrogens with two attached hydrogens (primary N) is 1. The van der Waals surface area contributed by atoms with E-state index in [1.54, 1.807) is 0 Å². The van der Waals surface area contributed by atoms with Crippen LogP contribution >= 0.6 is 0 Å². The van der Waals surface area contributed by atoms with Crippen LogP contribution in [0.4, 0.5) is 28.9 Å². The molecule has 3 nitrogen and oxygen atoms in total. The zero-order chi connectivity index (χ0) is 11.6. The number of halogens is 4. The van der Waals surface area contributed by atoms with Crippen molar-refractivity contribution in [3.63, 3.8) is 0 Å². The molecule has 0 aliphatic carbocycles. The Morgan fingerprint density at radius 3 is 2.40 bits per heavy atom. The number of nitrogen functional groups attached to an aromatic ring is 1. The van der Waals surface area contributed by atoms with Gasteiger partial charge >= 0.3 is 12.1 Å². The van der Waals surface area contributed by atoms with E-state index in [0.717, 1.165) is 12.1 Å². The minimum absolute atomic E-state index is 0.208. The summed E-state index contributed by atoms with van der Waals surface area (Å²) < 4.78 is 48.1. The number of carbonyl (C=O) groups excluding carboxylic acids is 1. The minimum atomic E-state index is -5.00. The molecule has 0 bridgehead atoms. The lowest BCUT2D eigenvalue weighted by molar-refractivity contribution is -0.167.